The van der Waals surface area contributed by atoms with Gasteiger partial charge in [0.1, 0.15) is 10.6 Å². The molecule has 0 saturated heterocycles. The first-order valence-electron chi connectivity index (χ1n) is 7.44. The van der Waals surface area contributed by atoms with E-state index in [2.05, 4.69) is 10.0 Å². The first-order chi connectivity index (χ1) is 11.7. The SMILES string of the molecule is COc1ccc(Cl)cc1S(=O)(=O)NCC(=O)Nc1c(C)cccc1C. The maximum Gasteiger partial charge on any atom is 0.244 e. The third-order valence-corrected chi connectivity index (χ3v) is 5.24. The summed E-state index contributed by atoms with van der Waals surface area (Å²) in [6, 6.07) is 9.86. The molecule has 0 aliphatic heterocycles. The highest BCUT2D eigenvalue weighted by Crippen LogP contribution is 2.26. The summed E-state index contributed by atoms with van der Waals surface area (Å²) in [5.41, 5.74) is 2.47. The molecule has 0 spiro atoms. The Labute approximate surface area is 152 Å². The summed E-state index contributed by atoms with van der Waals surface area (Å²) in [6.45, 7) is 3.32. The molecule has 2 N–H and O–H groups in total. The number of carbonyl (C=O) groups excluding carboxylic acids is 1. The maximum atomic E-state index is 12.4. The summed E-state index contributed by atoms with van der Waals surface area (Å²) >= 11 is 5.86. The highest BCUT2D eigenvalue weighted by Gasteiger charge is 2.21. The van der Waals surface area contributed by atoms with Crippen LogP contribution in [0.2, 0.25) is 5.02 Å². The van der Waals surface area contributed by atoms with Crippen molar-refractivity contribution in [2.75, 3.05) is 19.0 Å². The van der Waals surface area contributed by atoms with Crippen LogP contribution >= 0.6 is 11.6 Å². The van der Waals surface area contributed by atoms with Crippen molar-refractivity contribution < 1.29 is 17.9 Å². The molecule has 0 bridgehead atoms. The fourth-order valence-corrected chi connectivity index (χ4v) is 3.71. The molecule has 134 valence electrons. The lowest BCUT2D eigenvalue weighted by Crippen LogP contribution is -2.33. The van der Waals surface area contributed by atoms with Crippen LogP contribution in [0.4, 0.5) is 5.69 Å². The largest absolute Gasteiger partial charge is 0.495 e. The Kier molecular flexibility index (Phi) is 6.05. The van der Waals surface area contributed by atoms with Crippen molar-refractivity contribution in [3.63, 3.8) is 0 Å². The molecule has 2 aromatic rings. The predicted octanol–water partition coefficient (Wildman–Crippen LogP) is 2.88. The molecule has 0 saturated carbocycles. The number of anilines is 1. The highest BCUT2D eigenvalue weighted by atomic mass is 35.5. The topological polar surface area (TPSA) is 84.5 Å². The molecule has 2 aromatic carbocycles. The Balaban J connectivity index is 2.12. The maximum absolute atomic E-state index is 12.4. The van der Waals surface area contributed by atoms with E-state index in [1.165, 1.54) is 25.3 Å². The summed E-state index contributed by atoms with van der Waals surface area (Å²) in [4.78, 5) is 12.0. The van der Waals surface area contributed by atoms with Crippen LogP contribution < -0.4 is 14.8 Å². The molecule has 0 radical (unpaired) electrons. The quantitative estimate of drug-likeness (QED) is 0.804. The van der Waals surface area contributed by atoms with Gasteiger partial charge in [-0.1, -0.05) is 29.8 Å². The Morgan fingerprint density at radius 2 is 1.80 bits per heavy atom. The monoisotopic (exact) mass is 382 g/mol. The van der Waals surface area contributed by atoms with Gasteiger partial charge in [0.05, 0.1) is 13.7 Å². The van der Waals surface area contributed by atoms with Crippen LogP contribution in [-0.2, 0) is 14.8 Å². The van der Waals surface area contributed by atoms with Crippen molar-refractivity contribution in [2.24, 2.45) is 0 Å². The average Bonchev–Trinajstić information content (AvgIpc) is 2.56. The summed E-state index contributed by atoms with van der Waals surface area (Å²) in [5, 5.41) is 2.97. The zero-order chi connectivity index (χ0) is 18.6. The Hall–Kier alpha value is -2.09. The van der Waals surface area contributed by atoms with Crippen LogP contribution in [-0.4, -0.2) is 28.0 Å². The van der Waals surface area contributed by atoms with E-state index in [0.29, 0.717) is 5.69 Å². The van der Waals surface area contributed by atoms with Gasteiger partial charge in [0.2, 0.25) is 15.9 Å². The van der Waals surface area contributed by atoms with E-state index in [4.69, 9.17) is 16.3 Å². The molecule has 0 aromatic heterocycles. The number of hydrogen-bond acceptors (Lipinski definition) is 4. The molecule has 0 unspecified atom stereocenters. The second-order valence-corrected chi connectivity index (χ2v) is 7.61. The summed E-state index contributed by atoms with van der Waals surface area (Å²) in [7, 11) is -2.60. The third kappa shape index (κ3) is 4.72. The first kappa shape index (κ1) is 19.2. The number of benzene rings is 2. The lowest BCUT2D eigenvalue weighted by molar-refractivity contribution is -0.115. The molecular weight excluding hydrogens is 364 g/mol. The van der Waals surface area contributed by atoms with Gasteiger partial charge in [0.15, 0.2) is 0 Å². The number of sulfonamides is 1. The number of amides is 1. The van der Waals surface area contributed by atoms with Gasteiger partial charge < -0.3 is 10.1 Å². The van der Waals surface area contributed by atoms with Gasteiger partial charge >= 0.3 is 0 Å². The molecule has 0 fully saturated rings. The van der Waals surface area contributed by atoms with Gasteiger partial charge in [0, 0.05) is 10.7 Å². The molecular formula is C17H19ClN2O4S. The molecule has 25 heavy (non-hydrogen) atoms. The van der Waals surface area contributed by atoms with E-state index in [0.717, 1.165) is 11.1 Å². The number of para-hydroxylation sites is 1. The minimum Gasteiger partial charge on any atom is -0.495 e. The van der Waals surface area contributed by atoms with E-state index in [1.54, 1.807) is 0 Å². The number of carbonyl (C=O) groups is 1. The average molecular weight is 383 g/mol. The molecule has 1 amide bonds. The van der Waals surface area contributed by atoms with Crippen LogP contribution in [0.15, 0.2) is 41.3 Å². The standard InChI is InChI=1S/C17H19ClN2O4S/c1-11-5-4-6-12(2)17(11)20-16(21)10-19-25(22,23)15-9-13(18)7-8-14(15)24-3/h4-9,19H,10H2,1-3H3,(H,20,21). The van der Waals surface area contributed by atoms with Crippen LogP contribution in [0.3, 0.4) is 0 Å². The molecule has 0 aliphatic rings. The van der Waals surface area contributed by atoms with Gasteiger partial charge in [-0.25, -0.2) is 13.1 Å². The van der Waals surface area contributed by atoms with Crippen molar-refractivity contribution in [1.29, 1.82) is 0 Å². The van der Waals surface area contributed by atoms with E-state index in [-0.39, 0.29) is 15.7 Å². The van der Waals surface area contributed by atoms with Gasteiger partial charge in [-0.2, -0.15) is 0 Å². The summed E-state index contributed by atoms with van der Waals surface area (Å²) in [6.07, 6.45) is 0. The van der Waals surface area contributed by atoms with Crippen molar-refractivity contribution in [3.8, 4) is 5.75 Å². The van der Waals surface area contributed by atoms with E-state index in [9.17, 15) is 13.2 Å². The lowest BCUT2D eigenvalue weighted by atomic mass is 10.1. The Bertz CT molecular complexity index is 877. The van der Waals surface area contributed by atoms with Crippen LogP contribution in [0.25, 0.3) is 0 Å². The van der Waals surface area contributed by atoms with Gasteiger partial charge in [-0.3, -0.25) is 4.79 Å². The number of aryl methyl sites for hydroxylation is 2. The van der Waals surface area contributed by atoms with Crippen LogP contribution in [0.5, 0.6) is 5.75 Å². The lowest BCUT2D eigenvalue weighted by Gasteiger charge is -2.13. The Morgan fingerprint density at radius 3 is 2.40 bits per heavy atom. The van der Waals surface area contributed by atoms with E-state index in [1.807, 2.05) is 32.0 Å². The van der Waals surface area contributed by atoms with Gasteiger partial charge in [0.25, 0.3) is 0 Å². The fourth-order valence-electron chi connectivity index (χ4n) is 2.29. The number of rotatable bonds is 6. The Morgan fingerprint density at radius 1 is 1.16 bits per heavy atom. The number of ether oxygens (including phenoxy) is 1. The minimum atomic E-state index is -3.95. The van der Waals surface area contributed by atoms with Crippen molar-refractivity contribution in [1.82, 2.24) is 4.72 Å². The molecule has 6 nitrogen and oxygen atoms in total. The zero-order valence-electron chi connectivity index (χ0n) is 14.1. The number of hydrogen-bond donors (Lipinski definition) is 2. The second-order valence-electron chi connectivity index (χ2n) is 5.43. The first-order valence-corrected chi connectivity index (χ1v) is 9.30. The summed E-state index contributed by atoms with van der Waals surface area (Å²) < 4.78 is 32.2. The molecule has 0 atom stereocenters. The zero-order valence-corrected chi connectivity index (χ0v) is 15.7. The smallest absolute Gasteiger partial charge is 0.244 e. The molecule has 8 heteroatoms. The number of nitrogens with one attached hydrogen (secondary N) is 2. The fraction of sp³-hybridized carbons (Fsp3) is 0.235. The molecule has 0 aliphatic carbocycles. The third-order valence-electron chi connectivity index (χ3n) is 3.58. The summed E-state index contributed by atoms with van der Waals surface area (Å²) in [5.74, 6) is -0.325. The normalized spacial score (nSPS) is 11.2. The van der Waals surface area contributed by atoms with E-state index < -0.39 is 22.5 Å². The van der Waals surface area contributed by atoms with Crippen molar-refractivity contribution in [2.45, 2.75) is 18.7 Å². The number of halogens is 1. The predicted molar refractivity (Wildman–Crippen MR) is 97.7 cm³/mol. The van der Waals surface area contributed by atoms with Crippen LogP contribution in [0, 0.1) is 13.8 Å². The van der Waals surface area contributed by atoms with Crippen LogP contribution in [0.1, 0.15) is 11.1 Å². The molecule has 2 rings (SSSR count). The van der Waals surface area contributed by atoms with Crippen molar-refractivity contribution >= 4 is 33.2 Å². The molecule has 0 heterocycles. The van der Waals surface area contributed by atoms with Gasteiger partial charge in [-0.05, 0) is 43.2 Å². The second kappa shape index (κ2) is 7.86. The van der Waals surface area contributed by atoms with Crippen molar-refractivity contribution in [3.05, 3.63) is 52.5 Å². The number of methoxy groups -OCH3 is 1. The minimum absolute atomic E-state index is 0.123. The van der Waals surface area contributed by atoms with E-state index >= 15 is 0 Å². The van der Waals surface area contributed by atoms with Gasteiger partial charge in [-0.15, -0.1) is 0 Å². The highest BCUT2D eigenvalue weighted by molar-refractivity contribution is 7.89.